The van der Waals surface area contributed by atoms with Gasteiger partial charge in [-0.15, -0.1) is 0 Å². The first-order chi connectivity index (χ1) is 16.5. The summed E-state index contributed by atoms with van der Waals surface area (Å²) in [5.74, 6) is -0.447. The van der Waals surface area contributed by atoms with Crippen LogP contribution in [-0.4, -0.2) is 26.5 Å². The summed E-state index contributed by atoms with van der Waals surface area (Å²) in [6.07, 6.45) is 7.24. The van der Waals surface area contributed by atoms with Gasteiger partial charge in [-0.05, 0) is 37.8 Å². The van der Waals surface area contributed by atoms with Crippen molar-refractivity contribution >= 4 is 33.9 Å². The molecule has 180 valence electrons. The van der Waals surface area contributed by atoms with E-state index >= 15 is 0 Å². The highest BCUT2D eigenvalue weighted by Gasteiger charge is 2.22. The summed E-state index contributed by atoms with van der Waals surface area (Å²) in [6.45, 7) is 3.78. The van der Waals surface area contributed by atoms with E-state index in [4.69, 9.17) is 4.74 Å². The van der Waals surface area contributed by atoms with Gasteiger partial charge < -0.3 is 10.1 Å². The molecule has 2 aromatic heterocycles. The molecule has 1 fully saturated rings. The van der Waals surface area contributed by atoms with E-state index < -0.39 is 5.97 Å². The Kier molecular flexibility index (Phi) is 7.72. The van der Waals surface area contributed by atoms with Gasteiger partial charge in [0, 0.05) is 17.9 Å². The number of benzene rings is 1. The number of rotatable bonds is 8. The van der Waals surface area contributed by atoms with Crippen molar-refractivity contribution in [3.8, 4) is 0 Å². The minimum Gasteiger partial charge on any atom is -0.456 e. The van der Waals surface area contributed by atoms with Gasteiger partial charge in [0.15, 0.2) is 0 Å². The smallest absolute Gasteiger partial charge is 0.340 e. The normalized spacial score (nSPS) is 14.4. The molecule has 2 heterocycles. The van der Waals surface area contributed by atoms with Gasteiger partial charge in [-0.2, -0.15) is 9.61 Å². The monoisotopic (exact) mass is 482 g/mol. The van der Waals surface area contributed by atoms with Crippen molar-refractivity contribution in [2.24, 2.45) is 5.92 Å². The molecule has 1 aromatic carbocycles. The standard InChI is InChI=1S/C25H30N4O4S/c1-3-16(4-2)22(31)27-20-13-9-8-12-19(20)24(32)33-15-18-14-21(30)29-25(26-18)34-23(28-29)17-10-6-5-7-11-17/h8-9,12-14,16-17H,3-7,10-11,15H2,1-2H3,(H,27,31). The Labute approximate surface area is 202 Å². The first-order valence-electron chi connectivity index (χ1n) is 12.0. The van der Waals surface area contributed by atoms with Gasteiger partial charge in [0.1, 0.15) is 11.6 Å². The van der Waals surface area contributed by atoms with E-state index in [1.807, 2.05) is 13.8 Å². The largest absolute Gasteiger partial charge is 0.456 e. The van der Waals surface area contributed by atoms with Crippen LogP contribution in [0.1, 0.15) is 85.8 Å². The molecule has 1 amide bonds. The molecule has 34 heavy (non-hydrogen) atoms. The highest BCUT2D eigenvalue weighted by atomic mass is 32.1. The number of hydrogen-bond acceptors (Lipinski definition) is 7. The second-order valence-electron chi connectivity index (χ2n) is 8.68. The Morgan fingerprint density at radius 2 is 1.91 bits per heavy atom. The number of carbonyl (C=O) groups is 2. The van der Waals surface area contributed by atoms with Crippen LogP contribution in [0.15, 0.2) is 35.1 Å². The molecule has 4 rings (SSSR count). The zero-order valence-electron chi connectivity index (χ0n) is 19.6. The topological polar surface area (TPSA) is 103 Å². The van der Waals surface area contributed by atoms with Gasteiger partial charge in [0.25, 0.3) is 5.56 Å². The average molecular weight is 483 g/mol. The van der Waals surface area contributed by atoms with E-state index in [0.717, 1.165) is 30.7 Å². The number of esters is 1. The number of fused-ring (bicyclic) bond motifs is 1. The molecule has 0 unspecified atom stereocenters. The highest BCUT2D eigenvalue weighted by Crippen LogP contribution is 2.34. The molecule has 0 radical (unpaired) electrons. The van der Waals surface area contributed by atoms with Gasteiger partial charge in [0.05, 0.1) is 16.9 Å². The Bertz CT molecular complexity index is 1230. The minimum atomic E-state index is -0.588. The van der Waals surface area contributed by atoms with Crippen molar-refractivity contribution in [1.82, 2.24) is 14.6 Å². The summed E-state index contributed by atoms with van der Waals surface area (Å²) < 4.78 is 6.80. The summed E-state index contributed by atoms with van der Waals surface area (Å²) in [5.41, 5.74) is 0.757. The summed E-state index contributed by atoms with van der Waals surface area (Å²) in [6, 6.07) is 8.10. The van der Waals surface area contributed by atoms with Crippen LogP contribution in [0, 0.1) is 5.92 Å². The predicted molar refractivity (Wildman–Crippen MR) is 131 cm³/mol. The van der Waals surface area contributed by atoms with E-state index in [9.17, 15) is 14.4 Å². The van der Waals surface area contributed by atoms with E-state index in [-0.39, 0.29) is 29.6 Å². The highest BCUT2D eigenvalue weighted by molar-refractivity contribution is 7.16. The summed E-state index contributed by atoms with van der Waals surface area (Å²) in [5, 5.41) is 8.29. The molecule has 1 aliphatic rings. The van der Waals surface area contributed by atoms with Gasteiger partial charge in [0.2, 0.25) is 10.9 Å². The zero-order chi connectivity index (χ0) is 24.1. The minimum absolute atomic E-state index is 0.120. The lowest BCUT2D eigenvalue weighted by molar-refractivity contribution is -0.120. The molecule has 1 saturated carbocycles. The SMILES string of the molecule is CCC(CC)C(=O)Nc1ccccc1C(=O)OCc1cc(=O)n2nc(C3CCCCC3)sc2n1. The van der Waals surface area contributed by atoms with Crippen molar-refractivity contribution < 1.29 is 14.3 Å². The fourth-order valence-corrected chi connectivity index (χ4v) is 5.43. The Morgan fingerprint density at radius 1 is 1.18 bits per heavy atom. The van der Waals surface area contributed by atoms with Gasteiger partial charge in [-0.1, -0.05) is 56.6 Å². The molecular weight excluding hydrogens is 452 g/mol. The molecule has 1 aliphatic carbocycles. The number of anilines is 1. The van der Waals surface area contributed by atoms with E-state index in [2.05, 4.69) is 15.4 Å². The van der Waals surface area contributed by atoms with Crippen molar-refractivity contribution in [3.05, 3.63) is 57.0 Å². The third-order valence-corrected chi connectivity index (χ3v) is 7.45. The molecule has 0 aliphatic heterocycles. The molecule has 0 saturated heterocycles. The number of para-hydroxylation sites is 1. The van der Waals surface area contributed by atoms with Crippen LogP contribution in [-0.2, 0) is 16.1 Å². The van der Waals surface area contributed by atoms with Gasteiger partial charge in [-0.3, -0.25) is 9.59 Å². The molecular formula is C25H30N4O4S. The number of hydrogen-bond donors (Lipinski definition) is 1. The maximum absolute atomic E-state index is 12.8. The Hall–Kier alpha value is -3.07. The van der Waals surface area contributed by atoms with Crippen LogP contribution in [0.4, 0.5) is 5.69 Å². The van der Waals surface area contributed by atoms with Crippen molar-refractivity contribution in [2.75, 3.05) is 5.32 Å². The Morgan fingerprint density at radius 3 is 2.65 bits per heavy atom. The lowest BCUT2D eigenvalue weighted by Crippen LogP contribution is -2.23. The summed E-state index contributed by atoms with van der Waals surface area (Å²) >= 11 is 1.43. The van der Waals surface area contributed by atoms with Crippen molar-refractivity contribution in [1.29, 1.82) is 0 Å². The van der Waals surface area contributed by atoms with Crippen molar-refractivity contribution in [3.63, 3.8) is 0 Å². The third kappa shape index (κ3) is 5.35. The predicted octanol–water partition coefficient (Wildman–Crippen LogP) is 4.93. The lowest BCUT2D eigenvalue weighted by atomic mass is 9.90. The maximum Gasteiger partial charge on any atom is 0.340 e. The number of amides is 1. The van der Waals surface area contributed by atoms with Crippen LogP contribution >= 0.6 is 11.3 Å². The number of carbonyl (C=O) groups excluding carboxylic acids is 2. The second kappa shape index (κ2) is 10.9. The average Bonchev–Trinajstić information content (AvgIpc) is 3.29. The van der Waals surface area contributed by atoms with Crippen LogP contribution in [0.3, 0.4) is 0 Å². The molecule has 3 aromatic rings. The fraction of sp³-hybridized carbons (Fsp3) is 0.480. The van der Waals surface area contributed by atoms with Crippen molar-refractivity contribution in [2.45, 2.75) is 71.3 Å². The van der Waals surface area contributed by atoms with Crippen LogP contribution in [0.5, 0.6) is 0 Å². The van der Waals surface area contributed by atoms with Gasteiger partial charge >= 0.3 is 5.97 Å². The van der Waals surface area contributed by atoms with E-state index in [1.165, 1.54) is 41.2 Å². The Balaban J connectivity index is 1.47. The summed E-state index contributed by atoms with van der Waals surface area (Å²) in [4.78, 5) is 42.9. The molecule has 0 spiro atoms. The number of nitrogens with one attached hydrogen (secondary N) is 1. The third-order valence-electron chi connectivity index (χ3n) is 6.38. The van der Waals surface area contributed by atoms with Gasteiger partial charge in [-0.25, -0.2) is 9.78 Å². The maximum atomic E-state index is 12.8. The fourth-order valence-electron chi connectivity index (χ4n) is 4.34. The number of ether oxygens (including phenoxy) is 1. The quantitative estimate of drug-likeness (QED) is 0.457. The first kappa shape index (κ1) is 24.1. The molecule has 0 bridgehead atoms. The number of nitrogens with zero attached hydrogens (tertiary/aromatic N) is 3. The molecule has 8 nitrogen and oxygen atoms in total. The first-order valence-corrected chi connectivity index (χ1v) is 12.8. The van der Waals surface area contributed by atoms with E-state index in [1.54, 1.807) is 24.3 Å². The van der Waals surface area contributed by atoms with Crippen LogP contribution < -0.4 is 10.9 Å². The lowest BCUT2D eigenvalue weighted by Gasteiger charge is -2.18. The molecule has 1 N–H and O–H groups in total. The zero-order valence-corrected chi connectivity index (χ0v) is 20.4. The van der Waals surface area contributed by atoms with E-state index in [0.29, 0.717) is 22.3 Å². The van der Waals surface area contributed by atoms with Crippen LogP contribution in [0.25, 0.3) is 4.96 Å². The molecule has 0 atom stereocenters. The second-order valence-corrected chi connectivity index (χ2v) is 9.67. The number of aromatic nitrogens is 3. The van der Waals surface area contributed by atoms with Crippen LogP contribution in [0.2, 0.25) is 0 Å². The molecule has 9 heteroatoms. The summed E-state index contributed by atoms with van der Waals surface area (Å²) in [7, 11) is 0.